The average molecular weight is 202 g/mol. The number of hydrogen-bond donors (Lipinski definition) is 0. The molecule has 4 atom stereocenters. The highest BCUT2D eigenvalue weighted by Crippen LogP contribution is 2.29. The molecule has 0 aromatic rings. The van der Waals surface area contributed by atoms with Crippen LogP contribution in [-0.4, -0.2) is 54.7 Å². The van der Waals surface area contributed by atoms with Crippen molar-refractivity contribution in [2.24, 2.45) is 5.92 Å². The quantitative estimate of drug-likeness (QED) is 0.585. The van der Waals surface area contributed by atoms with Crippen LogP contribution in [0.4, 0.5) is 4.39 Å². The third kappa shape index (κ3) is 1.80. The molecule has 0 radical (unpaired) electrons. The van der Waals surface area contributed by atoms with E-state index in [-0.39, 0.29) is 18.0 Å². The van der Waals surface area contributed by atoms with Crippen molar-refractivity contribution >= 4 is 0 Å². The molecule has 2 unspecified atom stereocenters. The number of hydrogen-bond acceptors (Lipinski definition) is 2. The van der Waals surface area contributed by atoms with Crippen LogP contribution in [0.3, 0.4) is 0 Å². The van der Waals surface area contributed by atoms with Crippen molar-refractivity contribution in [2.75, 3.05) is 26.6 Å². The van der Waals surface area contributed by atoms with E-state index in [2.05, 4.69) is 4.90 Å². The molecule has 0 aromatic carbocycles. The van der Waals surface area contributed by atoms with E-state index < -0.39 is 12.7 Å². The highest BCUT2D eigenvalue weighted by Gasteiger charge is 2.39. The molecule has 2 fully saturated rings. The smallest absolute Gasteiger partial charge is 0.114 e. The lowest BCUT2D eigenvalue weighted by molar-refractivity contribution is 0.163. The lowest BCUT2D eigenvalue weighted by Crippen LogP contribution is -2.41. The maximum atomic E-state index is 13.4. The molecule has 0 N–H and O–H groups in total. The number of rotatable bonds is 0. The Morgan fingerprint density at radius 2 is 2.07 bits per heavy atom. The van der Waals surface area contributed by atoms with Crippen molar-refractivity contribution in [1.82, 2.24) is 9.80 Å². The van der Waals surface area contributed by atoms with Crippen molar-refractivity contribution in [2.45, 2.75) is 38.5 Å². The van der Waals surface area contributed by atoms with Crippen molar-refractivity contribution in [3.05, 3.63) is 0 Å². The summed E-state index contributed by atoms with van der Waals surface area (Å²) >= 11 is 0. The van der Waals surface area contributed by atoms with Crippen LogP contribution in [-0.2, 0) is 0 Å². The Labute approximate surface area is 88.9 Å². The fraction of sp³-hybridized carbons (Fsp3) is 1.00. The number of nitrogens with zero attached hydrogens (tertiary/aromatic N) is 2. The van der Waals surface area contributed by atoms with E-state index >= 15 is 0 Å². The summed E-state index contributed by atoms with van der Waals surface area (Å²) in [5.74, 6) is -0.104. The molecule has 2 aliphatic rings. The van der Waals surface area contributed by atoms with Gasteiger partial charge in [0, 0.05) is 34.4 Å². The lowest BCUT2D eigenvalue weighted by Gasteiger charge is -2.30. The first kappa shape index (κ1) is 8.05. The van der Waals surface area contributed by atoms with E-state index in [1.807, 2.05) is 13.8 Å². The molecule has 3 heteroatoms. The molecule has 2 saturated heterocycles. The van der Waals surface area contributed by atoms with Gasteiger partial charge in [0.05, 0.1) is 0 Å². The second kappa shape index (κ2) is 3.78. The van der Waals surface area contributed by atoms with Gasteiger partial charge in [-0.25, -0.2) is 4.39 Å². The molecule has 2 nitrogen and oxygen atoms in total. The van der Waals surface area contributed by atoms with Crippen LogP contribution in [0.2, 0.25) is 0 Å². The molecule has 2 rings (SSSR count). The highest BCUT2D eigenvalue weighted by atomic mass is 19.1. The maximum Gasteiger partial charge on any atom is 0.114 e. The normalized spacial score (nSPS) is 52.0. The molecule has 0 saturated carbocycles. The van der Waals surface area contributed by atoms with Crippen LogP contribution in [0.5, 0.6) is 0 Å². The Bertz CT molecular complexity index is 275. The monoisotopic (exact) mass is 202 g/mol. The fourth-order valence-electron chi connectivity index (χ4n) is 2.67. The van der Waals surface area contributed by atoms with E-state index in [1.165, 1.54) is 0 Å². The summed E-state index contributed by atoms with van der Waals surface area (Å²) < 4.78 is 29.6. The highest BCUT2D eigenvalue weighted by molar-refractivity contribution is 4.94. The predicted octanol–water partition coefficient (Wildman–Crippen LogP) is 1.37. The minimum atomic E-state index is -1.30. The Morgan fingerprint density at radius 1 is 1.36 bits per heavy atom. The van der Waals surface area contributed by atoms with Crippen molar-refractivity contribution in [3.63, 3.8) is 0 Å². The molecule has 2 aliphatic heterocycles. The van der Waals surface area contributed by atoms with Crippen molar-refractivity contribution < 1.29 is 7.13 Å². The van der Waals surface area contributed by atoms with Crippen LogP contribution in [0, 0.1) is 5.92 Å². The van der Waals surface area contributed by atoms with Crippen LogP contribution in [0.25, 0.3) is 0 Å². The first-order valence-electron chi connectivity index (χ1n) is 6.45. The molecule has 0 aromatic heterocycles. The fourth-order valence-corrected chi connectivity index (χ4v) is 2.67. The third-order valence-electron chi connectivity index (χ3n) is 3.56. The van der Waals surface area contributed by atoms with Gasteiger partial charge < -0.3 is 4.90 Å². The summed E-state index contributed by atoms with van der Waals surface area (Å²) in [6.07, 6.45) is -0.186. The Hall–Kier alpha value is -0.150. The number of halogens is 1. The standard InChI is InChI=1S/C11H21FN2/c1-8-5-13(3)7-11-4-10(12)6-14(11)9(8)2/h8-11H,4-7H2,1-3H3/t8-,9-,10?,11?/m1/s1/i5D2. The van der Waals surface area contributed by atoms with Crippen LogP contribution >= 0.6 is 0 Å². The SMILES string of the molecule is [2H]C1([2H])[C@@H](C)[C@@H](C)N2CC(F)CC2CN1C. The molecule has 0 amide bonds. The summed E-state index contributed by atoms with van der Waals surface area (Å²) in [5.41, 5.74) is 0. The molecule has 2 heterocycles. The van der Waals surface area contributed by atoms with Gasteiger partial charge in [-0.2, -0.15) is 0 Å². The maximum absolute atomic E-state index is 13.4. The van der Waals surface area contributed by atoms with Gasteiger partial charge in [-0.3, -0.25) is 4.90 Å². The minimum Gasteiger partial charge on any atom is -0.304 e. The van der Waals surface area contributed by atoms with E-state index in [0.29, 0.717) is 19.5 Å². The Balaban J connectivity index is 2.25. The van der Waals surface area contributed by atoms with Gasteiger partial charge >= 0.3 is 0 Å². The second-order valence-electron chi connectivity index (χ2n) is 4.72. The van der Waals surface area contributed by atoms with Gasteiger partial charge in [0.25, 0.3) is 0 Å². The van der Waals surface area contributed by atoms with Crippen LogP contribution < -0.4 is 0 Å². The zero-order chi connectivity index (χ0) is 12.1. The third-order valence-corrected chi connectivity index (χ3v) is 3.56. The summed E-state index contributed by atoms with van der Waals surface area (Å²) in [5, 5.41) is 0. The lowest BCUT2D eigenvalue weighted by atomic mass is 10.0. The second-order valence-corrected chi connectivity index (χ2v) is 4.72. The topological polar surface area (TPSA) is 6.48 Å². The first-order valence-corrected chi connectivity index (χ1v) is 5.45. The summed E-state index contributed by atoms with van der Waals surface area (Å²) in [6.45, 7) is 3.75. The number of fused-ring (bicyclic) bond motifs is 1. The first-order chi connectivity index (χ1) is 7.34. The van der Waals surface area contributed by atoms with E-state index in [9.17, 15) is 4.39 Å². The zero-order valence-electron chi connectivity index (χ0n) is 11.2. The Morgan fingerprint density at radius 3 is 2.79 bits per heavy atom. The van der Waals surface area contributed by atoms with E-state index in [1.54, 1.807) is 11.9 Å². The average Bonchev–Trinajstić information content (AvgIpc) is 2.54. The molecule has 0 spiro atoms. The summed E-state index contributed by atoms with van der Waals surface area (Å²) in [7, 11) is 1.80. The van der Waals surface area contributed by atoms with Crippen molar-refractivity contribution in [1.29, 1.82) is 0 Å². The summed E-state index contributed by atoms with van der Waals surface area (Å²) in [6, 6.07) is 0.278. The largest absolute Gasteiger partial charge is 0.304 e. The van der Waals surface area contributed by atoms with Gasteiger partial charge in [0.1, 0.15) is 6.17 Å². The number of alkyl halides is 1. The minimum absolute atomic E-state index is 0.102. The van der Waals surface area contributed by atoms with Crippen LogP contribution in [0.15, 0.2) is 0 Å². The molecule has 14 heavy (non-hydrogen) atoms. The van der Waals surface area contributed by atoms with Crippen molar-refractivity contribution in [3.8, 4) is 0 Å². The molecular formula is C11H21FN2. The van der Waals surface area contributed by atoms with E-state index in [0.717, 1.165) is 0 Å². The molecule has 0 aliphatic carbocycles. The molecular weight excluding hydrogens is 179 g/mol. The number of likely N-dealkylation sites (N-methyl/N-ethyl adjacent to an activating group) is 1. The summed E-state index contributed by atoms with van der Waals surface area (Å²) in [4.78, 5) is 3.90. The predicted molar refractivity (Wildman–Crippen MR) is 56.1 cm³/mol. The van der Waals surface area contributed by atoms with Gasteiger partial charge in [-0.1, -0.05) is 6.92 Å². The Kier molecular flexibility index (Phi) is 2.17. The van der Waals surface area contributed by atoms with E-state index in [4.69, 9.17) is 2.74 Å². The van der Waals surface area contributed by atoms with Gasteiger partial charge in [-0.05, 0) is 26.3 Å². The molecule has 82 valence electrons. The zero-order valence-corrected chi connectivity index (χ0v) is 9.20. The van der Waals surface area contributed by atoms with Crippen LogP contribution in [0.1, 0.15) is 23.0 Å². The van der Waals surface area contributed by atoms with Gasteiger partial charge in [-0.15, -0.1) is 0 Å². The van der Waals surface area contributed by atoms with Gasteiger partial charge in [0.15, 0.2) is 0 Å². The van der Waals surface area contributed by atoms with Gasteiger partial charge in [0.2, 0.25) is 0 Å². The molecule has 0 bridgehead atoms.